The number of carboxylic acid groups (broad SMARTS) is 1. The highest BCUT2D eigenvalue weighted by Gasteiger charge is 2.14. The monoisotopic (exact) mass is 275 g/mol. The van der Waals surface area contributed by atoms with E-state index >= 15 is 0 Å². The second-order valence-corrected chi connectivity index (χ2v) is 4.96. The molecule has 2 aromatic rings. The fraction of sp³-hybridized carbons (Fsp3) is 0.143. The first-order chi connectivity index (χ1) is 9.08. The third kappa shape index (κ3) is 3.20. The maximum absolute atomic E-state index is 12.2. The van der Waals surface area contributed by atoms with E-state index in [-0.39, 0.29) is 11.5 Å². The average molecular weight is 275 g/mol. The van der Waals surface area contributed by atoms with Gasteiger partial charge in [-0.1, -0.05) is 6.07 Å². The van der Waals surface area contributed by atoms with Gasteiger partial charge < -0.3 is 10.0 Å². The van der Waals surface area contributed by atoms with Gasteiger partial charge >= 0.3 is 5.97 Å². The lowest BCUT2D eigenvalue weighted by molar-refractivity contribution is 0.0697. The highest BCUT2D eigenvalue weighted by atomic mass is 32.1. The molecule has 1 aromatic heterocycles. The Morgan fingerprint density at radius 2 is 2.00 bits per heavy atom. The first kappa shape index (κ1) is 13.3. The highest BCUT2D eigenvalue weighted by Crippen LogP contribution is 2.12. The molecule has 1 amide bonds. The normalized spacial score (nSPS) is 10.2. The van der Waals surface area contributed by atoms with Gasteiger partial charge in [0, 0.05) is 19.2 Å². The van der Waals surface area contributed by atoms with E-state index in [2.05, 4.69) is 0 Å². The van der Waals surface area contributed by atoms with Gasteiger partial charge in [-0.15, -0.1) is 0 Å². The summed E-state index contributed by atoms with van der Waals surface area (Å²) in [7, 11) is 1.70. The molecule has 0 unspecified atom stereocenters. The highest BCUT2D eigenvalue weighted by molar-refractivity contribution is 7.07. The molecule has 0 saturated carbocycles. The Labute approximate surface area is 114 Å². The second-order valence-electron chi connectivity index (χ2n) is 4.18. The Kier molecular flexibility index (Phi) is 3.97. The van der Waals surface area contributed by atoms with Crippen molar-refractivity contribution in [1.82, 2.24) is 4.90 Å². The molecule has 5 heteroatoms. The van der Waals surface area contributed by atoms with Crippen molar-refractivity contribution in [1.29, 1.82) is 0 Å². The Hall–Kier alpha value is -2.14. The molecule has 2 rings (SSSR count). The zero-order valence-electron chi connectivity index (χ0n) is 10.4. The molecule has 0 aliphatic heterocycles. The van der Waals surface area contributed by atoms with Crippen LogP contribution in [0.15, 0.2) is 41.1 Å². The van der Waals surface area contributed by atoms with Crippen molar-refractivity contribution >= 4 is 23.2 Å². The summed E-state index contributed by atoms with van der Waals surface area (Å²) in [5.74, 6) is -1.22. The number of nitrogens with zero attached hydrogens (tertiary/aromatic N) is 1. The lowest BCUT2D eigenvalue weighted by Crippen LogP contribution is -2.26. The Morgan fingerprint density at radius 3 is 2.63 bits per heavy atom. The molecule has 0 fully saturated rings. The number of rotatable bonds is 4. The van der Waals surface area contributed by atoms with Gasteiger partial charge in [0.2, 0.25) is 0 Å². The van der Waals surface area contributed by atoms with Crippen LogP contribution in [0.3, 0.4) is 0 Å². The average Bonchev–Trinajstić information content (AvgIpc) is 2.90. The SMILES string of the molecule is CN(Cc1ccsc1)C(=O)c1cccc(C(=O)O)c1. The molecule has 0 aliphatic carbocycles. The van der Waals surface area contributed by atoms with Crippen LogP contribution < -0.4 is 0 Å². The standard InChI is InChI=1S/C14H13NO3S/c1-15(8-10-5-6-19-9-10)13(16)11-3-2-4-12(7-11)14(17)18/h2-7,9H,8H2,1H3,(H,17,18). The van der Waals surface area contributed by atoms with Crippen molar-refractivity contribution in [3.8, 4) is 0 Å². The molecule has 0 radical (unpaired) electrons. The zero-order valence-corrected chi connectivity index (χ0v) is 11.2. The number of aromatic carboxylic acids is 1. The van der Waals surface area contributed by atoms with E-state index in [1.807, 2.05) is 16.8 Å². The predicted octanol–water partition coefficient (Wildman–Crippen LogP) is 2.72. The third-order valence-corrected chi connectivity index (χ3v) is 3.44. The number of hydrogen-bond donors (Lipinski definition) is 1. The van der Waals surface area contributed by atoms with E-state index in [1.165, 1.54) is 12.1 Å². The Balaban J connectivity index is 2.14. The molecule has 0 aliphatic rings. The fourth-order valence-electron chi connectivity index (χ4n) is 1.73. The molecule has 1 heterocycles. The van der Waals surface area contributed by atoms with Gasteiger partial charge in [0.05, 0.1) is 5.56 Å². The van der Waals surface area contributed by atoms with Crippen LogP contribution in [-0.4, -0.2) is 28.9 Å². The quantitative estimate of drug-likeness (QED) is 0.933. The van der Waals surface area contributed by atoms with Gasteiger partial charge in [-0.3, -0.25) is 4.79 Å². The summed E-state index contributed by atoms with van der Waals surface area (Å²) in [6.07, 6.45) is 0. The van der Waals surface area contributed by atoms with Crippen molar-refractivity contribution in [2.75, 3.05) is 7.05 Å². The molecular weight excluding hydrogens is 262 g/mol. The van der Waals surface area contributed by atoms with Gasteiger partial charge in [0.15, 0.2) is 0 Å². The predicted molar refractivity (Wildman–Crippen MR) is 73.5 cm³/mol. The minimum Gasteiger partial charge on any atom is -0.478 e. The van der Waals surface area contributed by atoms with E-state index in [4.69, 9.17) is 5.11 Å². The molecule has 19 heavy (non-hydrogen) atoms. The molecule has 0 saturated heterocycles. The number of thiophene rings is 1. The maximum atomic E-state index is 12.2. The molecule has 0 atom stereocenters. The van der Waals surface area contributed by atoms with Crippen LogP contribution >= 0.6 is 11.3 Å². The number of carboxylic acids is 1. The van der Waals surface area contributed by atoms with Crippen molar-refractivity contribution in [2.24, 2.45) is 0 Å². The molecular formula is C14H13NO3S. The minimum atomic E-state index is -1.03. The first-order valence-electron chi connectivity index (χ1n) is 5.68. The van der Waals surface area contributed by atoms with Crippen molar-refractivity contribution in [3.63, 3.8) is 0 Å². The van der Waals surface area contributed by atoms with Crippen LogP contribution in [0.2, 0.25) is 0 Å². The largest absolute Gasteiger partial charge is 0.478 e. The second kappa shape index (κ2) is 5.67. The van der Waals surface area contributed by atoms with Crippen LogP contribution in [0.5, 0.6) is 0 Å². The van der Waals surface area contributed by atoms with Crippen LogP contribution in [0.4, 0.5) is 0 Å². The molecule has 1 aromatic carbocycles. The van der Waals surface area contributed by atoms with Gasteiger partial charge in [0.1, 0.15) is 0 Å². The lowest BCUT2D eigenvalue weighted by Gasteiger charge is -2.16. The van der Waals surface area contributed by atoms with Crippen molar-refractivity contribution in [3.05, 3.63) is 57.8 Å². The third-order valence-electron chi connectivity index (χ3n) is 2.70. The van der Waals surface area contributed by atoms with Crippen molar-refractivity contribution < 1.29 is 14.7 Å². The lowest BCUT2D eigenvalue weighted by atomic mass is 10.1. The number of carbonyl (C=O) groups is 2. The number of benzene rings is 1. The van der Waals surface area contributed by atoms with E-state index < -0.39 is 5.97 Å². The van der Waals surface area contributed by atoms with Crippen LogP contribution in [-0.2, 0) is 6.54 Å². The molecule has 4 nitrogen and oxygen atoms in total. The zero-order chi connectivity index (χ0) is 13.8. The summed E-state index contributed by atoms with van der Waals surface area (Å²) in [6, 6.07) is 8.03. The number of hydrogen-bond acceptors (Lipinski definition) is 3. The summed E-state index contributed by atoms with van der Waals surface area (Å²) >= 11 is 1.58. The van der Waals surface area contributed by atoms with Crippen LogP contribution in [0.1, 0.15) is 26.3 Å². The Morgan fingerprint density at radius 1 is 1.26 bits per heavy atom. The molecule has 0 spiro atoms. The van der Waals surface area contributed by atoms with Crippen LogP contribution in [0.25, 0.3) is 0 Å². The topological polar surface area (TPSA) is 57.6 Å². The maximum Gasteiger partial charge on any atom is 0.335 e. The molecule has 0 bridgehead atoms. The number of carbonyl (C=O) groups excluding carboxylic acids is 1. The first-order valence-corrected chi connectivity index (χ1v) is 6.62. The Bertz CT molecular complexity index is 592. The van der Waals surface area contributed by atoms with Crippen molar-refractivity contribution in [2.45, 2.75) is 6.54 Å². The van der Waals surface area contributed by atoms with E-state index in [0.29, 0.717) is 12.1 Å². The summed E-state index contributed by atoms with van der Waals surface area (Å²) in [5, 5.41) is 12.9. The van der Waals surface area contributed by atoms with E-state index in [1.54, 1.807) is 35.4 Å². The minimum absolute atomic E-state index is 0.120. The smallest absolute Gasteiger partial charge is 0.335 e. The summed E-state index contributed by atoms with van der Waals surface area (Å²) < 4.78 is 0. The van der Waals surface area contributed by atoms with Gasteiger partial charge in [-0.25, -0.2) is 4.79 Å². The summed E-state index contributed by atoms with van der Waals surface area (Å²) in [4.78, 5) is 24.6. The number of amides is 1. The van der Waals surface area contributed by atoms with Gasteiger partial charge in [-0.05, 0) is 40.6 Å². The fourth-order valence-corrected chi connectivity index (χ4v) is 2.39. The molecule has 98 valence electrons. The molecule has 1 N–H and O–H groups in total. The van der Waals surface area contributed by atoms with E-state index in [9.17, 15) is 9.59 Å². The summed E-state index contributed by atoms with van der Waals surface area (Å²) in [5.41, 5.74) is 1.57. The van der Waals surface area contributed by atoms with E-state index in [0.717, 1.165) is 5.56 Å². The van der Waals surface area contributed by atoms with Gasteiger partial charge in [-0.2, -0.15) is 11.3 Å². The van der Waals surface area contributed by atoms with Crippen LogP contribution in [0, 0.1) is 0 Å². The summed E-state index contributed by atoms with van der Waals surface area (Å²) in [6.45, 7) is 0.514. The van der Waals surface area contributed by atoms with Gasteiger partial charge in [0.25, 0.3) is 5.91 Å².